The SMILES string of the molecule is Cc1cnc(CCN(C)C)c(C=O)c1. The number of nitrogens with zero attached hydrogens (tertiary/aromatic N) is 2. The number of aromatic nitrogens is 1. The van der Waals surface area contributed by atoms with E-state index < -0.39 is 0 Å². The van der Waals surface area contributed by atoms with Crippen LogP contribution in [-0.4, -0.2) is 36.8 Å². The summed E-state index contributed by atoms with van der Waals surface area (Å²) in [4.78, 5) is 17.1. The number of rotatable bonds is 4. The zero-order chi connectivity index (χ0) is 10.6. The predicted molar refractivity (Wildman–Crippen MR) is 56.6 cm³/mol. The van der Waals surface area contributed by atoms with Gasteiger partial charge >= 0.3 is 0 Å². The van der Waals surface area contributed by atoms with Crippen LogP contribution in [0.25, 0.3) is 0 Å². The molecule has 0 spiro atoms. The second-order valence-electron chi connectivity index (χ2n) is 3.72. The standard InChI is InChI=1S/C11H16N2O/c1-9-6-10(8-14)11(12-7-9)4-5-13(2)3/h6-8H,4-5H2,1-3H3. The van der Waals surface area contributed by atoms with Crippen LogP contribution in [0.15, 0.2) is 12.3 Å². The van der Waals surface area contributed by atoms with Crippen LogP contribution in [0.5, 0.6) is 0 Å². The lowest BCUT2D eigenvalue weighted by atomic mass is 10.1. The Kier molecular flexibility index (Phi) is 3.77. The molecule has 0 fully saturated rings. The summed E-state index contributed by atoms with van der Waals surface area (Å²) < 4.78 is 0. The first kappa shape index (κ1) is 10.9. The highest BCUT2D eigenvalue weighted by atomic mass is 16.1. The van der Waals surface area contributed by atoms with Gasteiger partial charge in [-0.1, -0.05) is 0 Å². The van der Waals surface area contributed by atoms with Gasteiger partial charge in [-0.15, -0.1) is 0 Å². The number of carbonyl (C=O) groups excluding carboxylic acids is 1. The predicted octanol–water partition coefficient (Wildman–Crippen LogP) is 1.31. The number of likely N-dealkylation sites (N-methyl/N-ethyl adjacent to an activating group) is 1. The van der Waals surface area contributed by atoms with E-state index in [0.29, 0.717) is 5.56 Å². The molecule has 0 aliphatic rings. The summed E-state index contributed by atoms with van der Waals surface area (Å²) >= 11 is 0. The van der Waals surface area contributed by atoms with Gasteiger partial charge in [0.05, 0.1) is 5.69 Å². The van der Waals surface area contributed by atoms with Crippen molar-refractivity contribution in [2.75, 3.05) is 20.6 Å². The van der Waals surface area contributed by atoms with Gasteiger partial charge in [-0.05, 0) is 32.6 Å². The van der Waals surface area contributed by atoms with E-state index in [2.05, 4.69) is 9.88 Å². The molecule has 1 aromatic rings. The largest absolute Gasteiger partial charge is 0.309 e. The Labute approximate surface area is 84.8 Å². The maximum Gasteiger partial charge on any atom is 0.151 e. The topological polar surface area (TPSA) is 33.2 Å². The van der Waals surface area contributed by atoms with E-state index in [1.807, 2.05) is 27.1 Å². The maximum atomic E-state index is 10.8. The van der Waals surface area contributed by atoms with Crippen LogP contribution in [0.1, 0.15) is 21.6 Å². The smallest absolute Gasteiger partial charge is 0.151 e. The Morgan fingerprint density at radius 1 is 1.50 bits per heavy atom. The Hall–Kier alpha value is -1.22. The Morgan fingerprint density at radius 3 is 2.79 bits per heavy atom. The summed E-state index contributed by atoms with van der Waals surface area (Å²) in [5.74, 6) is 0. The first-order valence-corrected chi connectivity index (χ1v) is 4.69. The molecule has 0 radical (unpaired) electrons. The van der Waals surface area contributed by atoms with Crippen LogP contribution < -0.4 is 0 Å². The van der Waals surface area contributed by atoms with E-state index in [9.17, 15) is 4.79 Å². The van der Waals surface area contributed by atoms with Crippen molar-refractivity contribution in [3.63, 3.8) is 0 Å². The summed E-state index contributed by atoms with van der Waals surface area (Å²) in [6, 6.07) is 1.88. The monoisotopic (exact) mass is 192 g/mol. The highest BCUT2D eigenvalue weighted by Crippen LogP contribution is 2.06. The molecular formula is C11H16N2O. The van der Waals surface area contributed by atoms with E-state index in [1.165, 1.54) is 0 Å². The second-order valence-corrected chi connectivity index (χ2v) is 3.72. The Balaban J connectivity index is 2.80. The molecule has 0 aliphatic carbocycles. The van der Waals surface area contributed by atoms with Crippen LogP contribution in [-0.2, 0) is 6.42 Å². The normalized spacial score (nSPS) is 10.6. The molecule has 76 valence electrons. The van der Waals surface area contributed by atoms with Crippen molar-refractivity contribution in [2.24, 2.45) is 0 Å². The Bertz CT molecular complexity index is 321. The molecule has 0 atom stereocenters. The van der Waals surface area contributed by atoms with E-state index in [-0.39, 0.29) is 0 Å². The maximum absolute atomic E-state index is 10.8. The lowest BCUT2D eigenvalue weighted by Gasteiger charge is -2.10. The minimum atomic E-state index is 0.715. The van der Waals surface area contributed by atoms with E-state index in [1.54, 1.807) is 6.20 Å². The summed E-state index contributed by atoms with van der Waals surface area (Å²) in [5.41, 5.74) is 2.63. The van der Waals surface area contributed by atoms with Gasteiger partial charge in [0.25, 0.3) is 0 Å². The number of aryl methyl sites for hydroxylation is 1. The number of hydrogen-bond acceptors (Lipinski definition) is 3. The minimum absolute atomic E-state index is 0.715. The van der Waals surface area contributed by atoms with Gasteiger partial charge in [0, 0.05) is 24.7 Å². The molecule has 0 saturated heterocycles. The van der Waals surface area contributed by atoms with Gasteiger partial charge < -0.3 is 4.90 Å². The molecule has 0 bridgehead atoms. The van der Waals surface area contributed by atoms with Gasteiger partial charge in [-0.2, -0.15) is 0 Å². The molecule has 0 unspecified atom stereocenters. The van der Waals surface area contributed by atoms with Gasteiger partial charge in [0.15, 0.2) is 6.29 Å². The quantitative estimate of drug-likeness (QED) is 0.674. The number of carbonyl (C=O) groups is 1. The molecule has 1 aromatic heterocycles. The fourth-order valence-electron chi connectivity index (χ4n) is 1.26. The number of pyridine rings is 1. The molecule has 3 heteroatoms. The molecule has 0 aliphatic heterocycles. The van der Waals surface area contributed by atoms with Crippen LogP contribution in [0, 0.1) is 6.92 Å². The first-order valence-electron chi connectivity index (χ1n) is 4.69. The van der Waals surface area contributed by atoms with Crippen molar-refractivity contribution in [3.8, 4) is 0 Å². The summed E-state index contributed by atoms with van der Waals surface area (Å²) in [7, 11) is 4.02. The first-order chi connectivity index (χ1) is 6.63. The molecule has 1 rings (SSSR count). The third-order valence-electron chi connectivity index (χ3n) is 2.06. The number of hydrogen-bond donors (Lipinski definition) is 0. The van der Waals surface area contributed by atoms with Crippen LogP contribution in [0.4, 0.5) is 0 Å². The van der Waals surface area contributed by atoms with Crippen molar-refractivity contribution < 1.29 is 4.79 Å². The summed E-state index contributed by atoms with van der Waals surface area (Å²) in [6.45, 7) is 2.85. The molecule has 0 saturated carbocycles. The van der Waals surface area contributed by atoms with Gasteiger partial charge in [-0.3, -0.25) is 9.78 Å². The van der Waals surface area contributed by atoms with Crippen LogP contribution in [0.2, 0.25) is 0 Å². The second kappa shape index (κ2) is 4.86. The molecular weight excluding hydrogens is 176 g/mol. The van der Waals surface area contributed by atoms with Crippen molar-refractivity contribution >= 4 is 6.29 Å². The average molecular weight is 192 g/mol. The lowest BCUT2D eigenvalue weighted by molar-refractivity contribution is 0.112. The fraction of sp³-hybridized carbons (Fsp3) is 0.455. The van der Waals surface area contributed by atoms with E-state index in [0.717, 1.165) is 30.5 Å². The zero-order valence-electron chi connectivity index (χ0n) is 8.95. The fourth-order valence-corrected chi connectivity index (χ4v) is 1.26. The van der Waals surface area contributed by atoms with Crippen molar-refractivity contribution in [3.05, 3.63) is 29.1 Å². The van der Waals surface area contributed by atoms with Gasteiger partial charge in [-0.25, -0.2) is 0 Å². The highest BCUT2D eigenvalue weighted by Gasteiger charge is 2.03. The van der Waals surface area contributed by atoms with Crippen LogP contribution >= 0.6 is 0 Å². The molecule has 0 amide bonds. The number of aldehydes is 1. The van der Waals surface area contributed by atoms with E-state index >= 15 is 0 Å². The third-order valence-corrected chi connectivity index (χ3v) is 2.06. The summed E-state index contributed by atoms with van der Waals surface area (Å²) in [6.07, 6.45) is 3.50. The van der Waals surface area contributed by atoms with Crippen molar-refractivity contribution in [1.29, 1.82) is 0 Å². The molecule has 0 N–H and O–H groups in total. The molecule has 3 nitrogen and oxygen atoms in total. The molecule has 0 aromatic carbocycles. The average Bonchev–Trinajstić information content (AvgIpc) is 2.15. The van der Waals surface area contributed by atoms with Gasteiger partial charge in [0.1, 0.15) is 0 Å². The zero-order valence-corrected chi connectivity index (χ0v) is 8.95. The van der Waals surface area contributed by atoms with Gasteiger partial charge in [0.2, 0.25) is 0 Å². The lowest BCUT2D eigenvalue weighted by Crippen LogP contribution is -2.16. The van der Waals surface area contributed by atoms with Crippen molar-refractivity contribution in [1.82, 2.24) is 9.88 Å². The minimum Gasteiger partial charge on any atom is -0.309 e. The third kappa shape index (κ3) is 2.92. The van der Waals surface area contributed by atoms with E-state index in [4.69, 9.17) is 0 Å². The highest BCUT2D eigenvalue weighted by molar-refractivity contribution is 5.76. The van der Waals surface area contributed by atoms with Crippen LogP contribution in [0.3, 0.4) is 0 Å². The Morgan fingerprint density at radius 2 is 2.21 bits per heavy atom. The summed E-state index contributed by atoms with van der Waals surface area (Å²) in [5, 5.41) is 0. The molecule has 14 heavy (non-hydrogen) atoms. The van der Waals surface area contributed by atoms with Crippen molar-refractivity contribution in [2.45, 2.75) is 13.3 Å². The molecule has 1 heterocycles.